The van der Waals surface area contributed by atoms with Crippen LogP contribution in [0, 0.1) is 0 Å². The third-order valence-corrected chi connectivity index (χ3v) is 4.38. The van der Waals surface area contributed by atoms with Crippen molar-refractivity contribution in [3.05, 3.63) is 10.8 Å². The van der Waals surface area contributed by atoms with Crippen LogP contribution in [0.2, 0.25) is 0 Å². The topological polar surface area (TPSA) is 41.1 Å². The number of rotatable bonds is 6. The number of hydrogen-bond acceptors (Lipinski definition) is 6. The molecule has 0 saturated heterocycles. The zero-order valence-corrected chi connectivity index (χ0v) is 13.4. The average Bonchev–Trinajstić information content (AvgIpc) is 2.99. The minimum atomic E-state index is 0.403. The van der Waals surface area contributed by atoms with E-state index < -0.39 is 0 Å². The molecule has 0 aliphatic carbocycles. The highest BCUT2D eigenvalue weighted by atomic mass is 32.1. The average molecular weight is 296 g/mol. The predicted octanol–water partition coefficient (Wildman–Crippen LogP) is 3.93. The second-order valence-electron chi connectivity index (χ2n) is 4.52. The van der Waals surface area contributed by atoms with Gasteiger partial charge in [-0.2, -0.15) is 0 Å². The van der Waals surface area contributed by atoms with E-state index in [1.165, 1.54) is 0 Å². The first kappa shape index (κ1) is 14.3. The summed E-state index contributed by atoms with van der Waals surface area (Å²) in [4.78, 5) is 11.5. The summed E-state index contributed by atoms with van der Waals surface area (Å²) in [6, 6.07) is 0.403. The normalized spacial score (nSPS) is 11.0. The molecule has 2 aromatic rings. The SMILES string of the molecule is CCN(CC)c1nc(-c2csc(NC(C)C)n2)cs1. The highest BCUT2D eigenvalue weighted by Crippen LogP contribution is 2.29. The van der Waals surface area contributed by atoms with Gasteiger partial charge in [-0.3, -0.25) is 0 Å². The molecule has 0 aliphatic heterocycles. The molecule has 0 unspecified atom stereocenters. The van der Waals surface area contributed by atoms with E-state index >= 15 is 0 Å². The van der Waals surface area contributed by atoms with Gasteiger partial charge in [0.1, 0.15) is 11.4 Å². The van der Waals surface area contributed by atoms with Crippen LogP contribution in [0.4, 0.5) is 10.3 Å². The standard InChI is InChI=1S/C13H20N4S2/c1-5-17(6-2)13-16-11(8-19-13)10-7-18-12(15-10)14-9(3)4/h7-9H,5-6H2,1-4H3,(H,14,15). The minimum Gasteiger partial charge on any atom is -0.359 e. The third-order valence-electron chi connectivity index (χ3n) is 2.70. The molecule has 2 aromatic heterocycles. The summed E-state index contributed by atoms with van der Waals surface area (Å²) in [6.07, 6.45) is 0. The Balaban J connectivity index is 2.16. The molecule has 2 heterocycles. The molecule has 0 spiro atoms. The Morgan fingerprint density at radius 3 is 2.37 bits per heavy atom. The van der Waals surface area contributed by atoms with E-state index in [0.29, 0.717) is 6.04 Å². The summed E-state index contributed by atoms with van der Waals surface area (Å²) in [5.41, 5.74) is 1.93. The third kappa shape index (κ3) is 3.45. The molecule has 0 radical (unpaired) electrons. The van der Waals surface area contributed by atoms with Crippen molar-refractivity contribution in [1.29, 1.82) is 0 Å². The maximum absolute atomic E-state index is 4.68. The molecule has 0 amide bonds. The van der Waals surface area contributed by atoms with E-state index in [1.807, 2.05) is 0 Å². The van der Waals surface area contributed by atoms with Crippen LogP contribution in [0.15, 0.2) is 10.8 Å². The second-order valence-corrected chi connectivity index (χ2v) is 6.22. The summed E-state index contributed by atoms with van der Waals surface area (Å²) < 4.78 is 0. The van der Waals surface area contributed by atoms with Crippen LogP contribution >= 0.6 is 22.7 Å². The van der Waals surface area contributed by atoms with Crippen molar-refractivity contribution in [3.8, 4) is 11.4 Å². The highest BCUT2D eigenvalue weighted by molar-refractivity contribution is 7.14. The number of thiazole rings is 2. The lowest BCUT2D eigenvalue weighted by molar-refractivity contribution is 0.860. The Morgan fingerprint density at radius 2 is 1.74 bits per heavy atom. The van der Waals surface area contributed by atoms with Crippen LogP contribution in [0.1, 0.15) is 27.7 Å². The van der Waals surface area contributed by atoms with Gasteiger partial charge in [-0.05, 0) is 27.7 Å². The van der Waals surface area contributed by atoms with Crippen LogP contribution < -0.4 is 10.2 Å². The Kier molecular flexibility index (Phi) is 4.76. The van der Waals surface area contributed by atoms with Gasteiger partial charge in [0, 0.05) is 29.9 Å². The maximum Gasteiger partial charge on any atom is 0.185 e. The van der Waals surface area contributed by atoms with Gasteiger partial charge in [-0.25, -0.2) is 9.97 Å². The van der Waals surface area contributed by atoms with Gasteiger partial charge in [0.25, 0.3) is 0 Å². The zero-order chi connectivity index (χ0) is 13.8. The Morgan fingerprint density at radius 1 is 1.11 bits per heavy atom. The molecule has 0 aromatic carbocycles. The van der Waals surface area contributed by atoms with E-state index in [9.17, 15) is 0 Å². The van der Waals surface area contributed by atoms with Gasteiger partial charge in [0.05, 0.1) is 0 Å². The van der Waals surface area contributed by atoms with Gasteiger partial charge in [0.15, 0.2) is 10.3 Å². The van der Waals surface area contributed by atoms with Crippen LogP contribution in [-0.4, -0.2) is 29.1 Å². The molecule has 6 heteroatoms. The lowest BCUT2D eigenvalue weighted by atomic mass is 10.4. The van der Waals surface area contributed by atoms with Crippen molar-refractivity contribution < 1.29 is 0 Å². The monoisotopic (exact) mass is 296 g/mol. The first-order chi connectivity index (χ1) is 9.13. The first-order valence-electron chi connectivity index (χ1n) is 6.57. The number of anilines is 2. The Hall–Kier alpha value is -1.14. The Bertz CT molecular complexity index is 514. The Labute approximate surface area is 122 Å². The van der Waals surface area contributed by atoms with Crippen molar-refractivity contribution in [2.45, 2.75) is 33.7 Å². The van der Waals surface area contributed by atoms with E-state index in [-0.39, 0.29) is 0 Å². The number of nitrogens with zero attached hydrogens (tertiary/aromatic N) is 3. The lowest BCUT2D eigenvalue weighted by Gasteiger charge is -2.16. The van der Waals surface area contributed by atoms with Crippen molar-refractivity contribution in [1.82, 2.24) is 9.97 Å². The van der Waals surface area contributed by atoms with Gasteiger partial charge in [-0.1, -0.05) is 0 Å². The molecule has 2 rings (SSSR count). The molecular weight excluding hydrogens is 276 g/mol. The van der Waals surface area contributed by atoms with Crippen LogP contribution in [0.25, 0.3) is 11.4 Å². The van der Waals surface area contributed by atoms with Gasteiger partial charge in [0.2, 0.25) is 0 Å². The predicted molar refractivity (Wildman–Crippen MR) is 85.5 cm³/mol. The summed E-state index contributed by atoms with van der Waals surface area (Å²) in [5, 5.41) is 9.50. The molecule has 1 N–H and O–H groups in total. The number of nitrogens with one attached hydrogen (secondary N) is 1. The molecule has 0 saturated carbocycles. The van der Waals surface area contributed by atoms with E-state index in [4.69, 9.17) is 0 Å². The molecule has 0 bridgehead atoms. The van der Waals surface area contributed by atoms with E-state index in [2.05, 4.69) is 58.6 Å². The molecular formula is C13H20N4S2. The summed E-state index contributed by atoms with van der Waals surface area (Å²) in [6.45, 7) is 10.5. The smallest absolute Gasteiger partial charge is 0.185 e. The minimum absolute atomic E-state index is 0.403. The number of aromatic nitrogens is 2. The summed E-state index contributed by atoms with van der Waals surface area (Å²) >= 11 is 3.31. The lowest BCUT2D eigenvalue weighted by Crippen LogP contribution is -2.21. The van der Waals surface area contributed by atoms with Crippen molar-refractivity contribution in [3.63, 3.8) is 0 Å². The summed E-state index contributed by atoms with van der Waals surface area (Å²) in [5.74, 6) is 0. The molecule has 0 fully saturated rings. The molecule has 19 heavy (non-hydrogen) atoms. The van der Waals surface area contributed by atoms with Gasteiger partial charge >= 0.3 is 0 Å². The fourth-order valence-corrected chi connectivity index (χ4v) is 3.53. The van der Waals surface area contributed by atoms with E-state index in [1.54, 1.807) is 22.7 Å². The highest BCUT2D eigenvalue weighted by Gasteiger charge is 2.12. The van der Waals surface area contributed by atoms with Crippen LogP contribution in [0.3, 0.4) is 0 Å². The van der Waals surface area contributed by atoms with Crippen LogP contribution in [0.5, 0.6) is 0 Å². The zero-order valence-electron chi connectivity index (χ0n) is 11.8. The fourth-order valence-electron chi connectivity index (χ4n) is 1.73. The van der Waals surface area contributed by atoms with Crippen molar-refractivity contribution in [2.75, 3.05) is 23.3 Å². The van der Waals surface area contributed by atoms with Crippen molar-refractivity contribution in [2.24, 2.45) is 0 Å². The van der Waals surface area contributed by atoms with Crippen LogP contribution in [-0.2, 0) is 0 Å². The first-order valence-corrected chi connectivity index (χ1v) is 8.32. The number of hydrogen-bond donors (Lipinski definition) is 1. The molecule has 4 nitrogen and oxygen atoms in total. The maximum atomic E-state index is 4.68. The molecule has 0 atom stereocenters. The van der Waals surface area contributed by atoms with Gasteiger partial charge in [-0.15, -0.1) is 22.7 Å². The quantitative estimate of drug-likeness (QED) is 0.877. The van der Waals surface area contributed by atoms with E-state index in [0.717, 1.165) is 34.7 Å². The molecule has 104 valence electrons. The largest absolute Gasteiger partial charge is 0.359 e. The fraction of sp³-hybridized carbons (Fsp3) is 0.538. The van der Waals surface area contributed by atoms with Crippen molar-refractivity contribution >= 4 is 32.9 Å². The second kappa shape index (κ2) is 6.34. The summed E-state index contributed by atoms with van der Waals surface area (Å²) in [7, 11) is 0. The van der Waals surface area contributed by atoms with Gasteiger partial charge < -0.3 is 10.2 Å². The molecule has 0 aliphatic rings.